The summed E-state index contributed by atoms with van der Waals surface area (Å²) in [7, 11) is 0. The summed E-state index contributed by atoms with van der Waals surface area (Å²) in [6.07, 6.45) is 1.27. The lowest BCUT2D eigenvalue weighted by atomic mass is 10.4. The van der Waals surface area contributed by atoms with Crippen molar-refractivity contribution in [2.75, 3.05) is 19.6 Å². The van der Waals surface area contributed by atoms with Crippen molar-refractivity contribution < 1.29 is 0 Å². The van der Waals surface area contributed by atoms with Crippen LogP contribution < -0.4 is 5.43 Å². The molecule has 0 spiro atoms. The maximum Gasteiger partial charge on any atom is 0.0635 e. The molecule has 74 valence electrons. The summed E-state index contributed by atoms with van der Waals surface area (Å²) in [4.78, 5) is 0. The van der Waals surface area contributed by atoms with Gasteiger partial charge in [0, 0.05) is 38.9 Å². The van der Waals surface area contributed by atoms with Gasteiger partial charge in [0.25, 0.3) is 0 Å². The Bertz CT molecular complexity index is 236. The molecule has 0 amide bonds. The SMILES string of the molecule is N#CCCNN(CCC#N)CCC#N. The molecule has 0 aliphatic carbocycles. The number of nitrogens with one attached hydrogen (secondary N) is 1. The van der Waals surface area contributed by atoms with Crippen molar-refractivity contribution in [1.82, 2.24) is 10.4 Å². The largest absolute Gasteiger partial charge is 0.254 e. The van der Waals surface area contributed by atoms with Crippen LogP contribution in [0.4, 0.5) is 0 Å². The fourth-order valence-electron chi connectivity index (χ4n) is 0.910. The zero-order valence-electron chi connectivity index (χ0n) is 8.03. The number of nitriles is 3. The molecule has 0 atom stereocenters. The second-order valence-electron chi connectivity index (χ2n) is 2.62. The first-order valence-corrected chi connectivity index (χ1v) is 4.44. The van der Waals surface area contributed by atoms with E-state index in [0.29, 0.717) is 38.9 Å². The molecule has 5 nitrogen and oxygen atoms in total. The third-order valence-corrected chi connectivity index (χ3v) is 1.56. The van der Waals surface area contributed by atoms with Crippen LogP contribution in [-0.4, -0.2) is 24.6 Å². The van der Waals surface area contributed by atoms with Gasteiger partial charge in [0.05, 0.1) is 18.2 Å². The van der Waals surface area contributed by atoms with Crippen molar-refractivity contribution in [2.24, 2.45) is 0 Å². The van der Waals surface area contributed by atoms with Crippen LogP contribution in [0.15, 0.2) is 0 Å². The standard InChI is InChI=1S/C9H13N5/c10-4-1-7-13-14(8-2-5-11)9-3-6-12/h13H,1-3,7-9H2. The maximum atomic E-state index is 8.39. The molecule has 0 saturated carbocycles. The molecule has 0 aromatic carbocycles. The van der Waals surface area contributed by atoms with E-state index in [9.17, 15) is 0 Å². The van der Waals surface area contributed by atoms with Crippen LogP contribution in [0.1, 0.15) is 19.3 Å². The zero-order chi connectivity index (χ0) is 10.6. The topological polar surface area (TPSA) is 86.6 Å². The molecule has 0 saturated heterocycles. The summed E-state index contributed by atoms with van der Waals surface area (Å²) in [5, 5.41) is 26.9. The van der Waals surface area contributed by atoms with Crippen LogP contribution in [0.3, 0.4) is 0 Å². The van der Waals surface area contributed by atoms with Gasteiger partial charge in [-0.1, -0.05) is 0 Å². The van der Waals surface area contributed by atoms with Crippen LogP contribution in [-0.2, 0) is 0 Å². The van der Waals surface area contributed by atoms with Crippen molar-refractivity contribution in [3.05, 3.63) is 0 Å². The van der Waals surface area contributed by atoms with Gasteiger partial charge in [-0.05, 0) is 0 Å². The quantitative estimate of drug-likeness (QED) is 0.468. The van der Waals surface area contributed by atoms with Crippen LogP contribution in [0.5, 0.6) is 0 Å². The van der Waals surface area contributed by atoms with Crippen molar-refractivity contribution in [3.63, 3.8) is 0 Å². The summed E-state index contributed by atoms with van der Waals surface area (Å²) >= 11 is 0. The minimum absolute atomic E-state index is 0.422. The van der Waals surface area contributed by atoms with Crippen molar-refractivity contribution in [3.8, 4) is 18.2 Å². The van der Waals surface area contributed by atoms with Crippen molar-refractivity contribution in [1.29, 1.82) is 15.8 Å². The number of hydrazine groups is 1. The zero-order valence-corrected chi connectivity index (χ0v) is 8.03. The van der Waals surface area contributed by atoms with Crippen LogP contribution >= 0.6 is 0 Å². The maximum absolute atomic E-state index is 8.39. The minimum Gasteiger partial charge on any atom is -0.254 e. The van der Waals surface area contributed by atoms with E-state index >= 15 is 0 Å². The number of rotatable bonds is 7. The molecular weight excluding hydrogens is 178 g/mol. The lowest BCUT2D eigenvalue weighted by molar-refractivity contribution is 0.198. The van der Waals surface area contributed by atoms with E-state index in [1.807, 2.05) is 23.2 Å². The monoisotopic (exact) mass is 191 g/mol. The Morgan fingerprint density at radius 3 is 1.79 bits per heavy atom. The molecule has 0 bridgehead atoms. The van der Waals surface area contributed by atoms with Crippen LogP contribution in [0.25, 0.3) is 0 Å². The Balaban J connectivity index is 3.69. The molecule has 0 aromatic heterocycles. The van der Waals surface area contributed by atoms with Gasteiger partial charge < -0.3 is 0 Å². The van der Waals surface area contributed by atoms with Gasteiger partial charge in [-0.3, -0.25) is 5.43 Å². The molecule has 0 rings (SSSR count). The predicted molar refractivity (Wildman–Crippen MR) is 50.3 cm³/mol. The van der Waals surface area contributed by atoms with E-state index in [2.05, 4.69) is 5.43 Å². The van der Waals surface area contributed by atoms with Gasteiger partial charge in [0.2, 0.25) is 0 Å². The summed E-state index contributed by atoms with van der Waals surface area (Å²) in [6.45, 7) is 1.74. The van der Waals surface area contributed by atoms with Gasteiger partial charge in [-0.2, -0.15) is 15.8 Å². The summed E-state index contributed by atoms with van der Waals surface area (Å²) in [6, 6.07) is 6.09. The first kappa shape index (κ1) is 12.4. The Morgan fingerprint density at radius 2 is 1.36 bits per heavy atom. The van der Waals surface area contributed by atoms with Gasteiger partial charge in [-0.15, -0.1) is 0 Å². The summed E-state index contributed by atoms with van der Waals surface area (Å²) in [5.41, 5.74) is 3.00. The van der Waals surface area contributed by atoms with Gasteiger partial charge >= 0.3 is 0 Å². The average Bonchev–Trinajstić information content (AvgIpc) is 2.21. The molecule has 0 heterocycles. The Labute approximate surface area is 84.1 Å². The second-order valence-corrected chi connectivity index (χ2v) is 2.62. The third kappa shape index (κ3) is 7.06. The highest BCUT2D eigenvalue weighted by atomic mass is 15.5. The molecule has 14 heavy (non-hydrogen) atoms. The fraction of sp³-hybridized carbons (Fsp3) is 0.667. The highest BCUT2D eigenvalue weighted by molar-refractivity contribution is 4.76. The van der Waals surface area contributed by atoms with Gasteiger partial charge in [-0.25, -0.2) is 5.01 Å². The van der Waals surface area contributed by atoms with Crippen LogP contribution in [0, 0.1) is 34.0 Å². The Hall–Kier alpha value is -1.61. The smallest absolute Gasteiger partial charge is 0.0635 e. The van der Waals surface area contributed by atoms with Gasteiger partial charge in [0.1, 0.15) is 0 Å². The highest BCUT2D eigenvalue weighted by Gasteiger charge is 2.02. The van der Waals surface area contributed by atoms with E-state index in [0.717, 1.165) is 0 Å². The van der Waals surface area contributed by atoms with E-state index in [4.69, 9.17) is 15.8 Å². The molecule has 0 aromatic rings. The molecule has 0 fully saturated rings. The van der Waals surface area contributed by atoms with E-state index in [1.165, 1.54) is 0 Å². The number of nitrogens with zero attached hydrogens (tertiary/aromatic N) is 4. The highest BCUT2D eigenvalue weighted by Crippen LogP contribution is 1.89. The molecule has 0 unspecified atom stereocenters. The Kier molecular flexibility index (Phi) is 8.39. The molecule has 0 aliphatic rings. The number of hydrogen-bond donors (Lipinski definition) is 1. The third-order valence-electron chi connectivity index (χ3n) is 1.56. The van der Waals surface area contributed by atoms with Gasteiger partial charge in [0.15, 0.2) is 0 Å². The predicted octanol–water partition coefficient (Wildman–Crippen LogP) is 0.534. The second kappa shape index (κ2) is 9.48. The number of hydrogen-bond acceptors (Lipinski definition) is 5. The first-order valence-electron chi connectivity index (χ1n) is 4.44. The Morgan fingerprint density at radius 1 is 0.857 bits per heavy atom. The lowest BCUT2D eigenvalue weighted by Gasteiger charge is -2.20. The van der Waals surface area contributed by atoms with Crippen LogP contribution in [0.2, 0.25) is 0 Å². The summed E-state index contributed by atoms with van der Waals surface area (Å²) in [5.74, 6) is 0. The van der Waals surface area contributed by atoms with Crippen molar-refractivity contribution in [2.45, 2.75) is 19.3 Å². The normalized spacial score (nSPS) is 9.00. The molecular formula is C9H13N5. The summed E-state index contributed by atoms with van der Waals surface area (Å²) < 4.78 is 0. The van der Waals surface area contributed by atoms with E-state index in [-0.39, 0.29) is 0 Å². The first-order chi connectivity index (χ1) is 6.85. The molecule has 0 radical (unpaired) electrons. The molecule has 0 aliphatic heterocycles. The van der Waals surface area contributed by atoms with Crippen molar-refractivity contribution >= 4 is 0 Å². The van der Waals surface area contributed by atoms with E-state index in [1.54, 1.807) is 0 Å². The molecule has 1 N–H and O–H groups in total. The average molecular weight is 191 g/mol. The minimum atomic E-state index is 0.422. The molecule has 5 heteroatoms. The lowest BCUT2D eigenvalue weighted by Crippen LogP contribution is -2.39. The van der Waals surface area contributed by atoms with E-state index < -0.39 is 0 Å². The fourth-order valence-corrected chi connectivity index (χ4v) is 0.910.